The molecule has 1 aliphatic heterocycles. The van der Waals surface area contributed by atoms with Gasteiger partial charge in [-0.25, -0.2) is 4.98 Å². The van der Waals surface area contributed by atoms with Gasteiger partial charge in [-0.3, -0.25) is 4.79 Å². The van der Waals surface area contributed by atoms with Crippen LogP contribution in [0.4, 0.5) is 19.0 Å². The maximum atomic E-state index is 12.8. The van der Waals surface area contributed by atoms with E-state index in [1.807, 2.05) is 0 Å². The number of pyridine rings is 1. The third-order valence-corrected chi connectivity index (χ3v) is 3.62. The average molecular weight is 302 g/mol. The summed E-state index contributed by atoms with van der Waals surface area (Å²) in [7, 11) is 1.30. The van der Waals surface area contributed by atoms with E-state index >= 15 is 0 Å². The summed E-state index contributed by atoms with van der Waals surface area (Å²) in [6, 6.07) is 1.82. The number of alkyl halides is 3. The maximum Gasteiger partial charge on any atom is 0.416 e. The van der Waals surface area contributed by atoms with Gasteiger partial charge < -0.3 is 9.64 Å². The standard InChI is InChI=1S/C14H17F3N2O2/c1-21-13(20)9-11-4-2-3-7-19(11)12-8-10(5-6-18-12)14(15,16)17/h5-6,8,11H,2-4,7,9H2,1H3. The smallest absolute Gasteiger partial charge is 0.416 e. The number of carbonyl (C=O) groups is 1. The van der Waals surface area contributed by atoms with Crippen molar-refractivity contribution in [3.63, 3.8) is 0 Å². The molecule has 4 nitrogen and oxygen atoms in total. The molecule has 0 amide bonds. The second-order valence-corrected chi connectivity index (χ2v) is 5.02. The first-order valence-electron chi connectivity index (χ1n) is 6.78. The number of methoxy groups -OCH3 is 1. The Bertz CT molecular complexity index is 505. The number of carbonyl (C=O) groups excluding carboxylic acids is 1. The molecule has 7 heteroatoms. The predicted octanol–water partition coefficient (Wildman–Crippen LogP) is 3.02. The van der Waals surface area contributed by atoms with Crippen LogP contribution in [0.15, 0.2) is 18.3 Å². The summed E-state index contributed by atoms with van der Waals surface area (Å²) < 4.78 is 43.0. The van der Waals surface area contributed by atoms with E-state index in [0.29, 0.717) is 6.54 Å². The van der Waals surface area contributed by atoms with Crippen molar-refractivity contribution in [2.24, 2.45) is 0 Å². The molecule has 1 atom stereocenters. The SMILES string of the molecule is COC(=O)CC1CCCCN1c1cc(C(F)(F)F)ccn1. The Morgan fingerprint density at radius 3 is 2.90 bits per heavy atom. The fraction of sp³-hybridized carbons (Fsp3) is 0.571. The Morgan fingerprint density at radius 2 is 2.24 bits per heavy atom. The number of hydrogen-bond donors (Lipinski definition) is 0. The lowest BCUT2D eigenvalue weighted by Gasteiger charge is -2.36. The van der Waals surface area contributed by atoms with Crippen molar-refractivity contribution in [1.82, 2.24) is 4.98 Å². The predicted molar refractivity (Wildman–Crippen MR) is 70.9 cm³/mol. The Balaban J connectivity index is 2.23. The van der Waals surface area contributed by atoms with Crippen LogP contribution < -0.4 is 4.90 Å². The highest BCUT2D eigenvalue weighted by Gasteiger charge is 2.32. The zero-order chi connectivity index (χ0) is 15.5. The number of hydrogen-bond acceptors (Lipinski definition) is 4. The average Bonchev–Trinajstić information content (AvgIpc) is 2.47. The van der Waals surface area contributed by atoms with E-state index in [2.05, 4.69) is 9.72 Å². The highest BCUT2D eigenvalue weighted by atomic mass is 19.4. The summed E-state index contributed by atoms with van der Waals surface area (Å²) in [6.07, 6.45) is -0.526. The number of nitrogens with zero attached hydrogens (tertiary/aromatic N) is 2. The Morgan fingerprint density at radius 1 is 1.48 bits per heavy atom. The summed E-state index contributed by atoms with van der Waals surface area (Å²) >= 11 is 0. The summed E-state index contributed by atoms with van der Waals surface area (Å²) in [5.41, 5.74) is -0.727. The third-order valence-electron chi connectivity index (χ3n) is 3.62. The molecule has 0 radical (unpaired) electrons. The van der Waals surface area contributed by atoms with E-state index < -0.39 is 11.7 Å². The molecule has 1 unspecified atom stereocenters. The second kappa shape index (κ2) is 6.32. The molecule has 1 aromatic heterocycles. The van der Waals surface area contributed by atoms with Crippen LogP contribution in [0.3, 0.4) is 0 Å². The van der Waals surface area contributed by atoms with Gasteiger partial charge in [0.1, 0.15) is 5.82 Å². The molecular weight excluding hydrogens is 285 g/mol. The minimum absolute atomic E-state index is 0.161. The van der Waals surface area contributed by atoms with Crippen molar-refractivity contribution in [3.8, 4) is 0 Å². The summed E-state index contributed by atoms with van der Waals surface area (Å²) in [4.78, 5) is 17.2. The van der Waals surface area contributed by atoms with Crippen LogP contribution in [-0.2, 0) is 15.7 Å². The highest BCUT2D eigenvalue weighted by Crippen LogP contribution is 2.32. The van der Waals surface area contributed by atoms with Crippen molar-refractivity contribution < 1.29 is 22.7 Å². The summed E-state index contributed by atoms with van der Waals surface area (Å²) in [6.45, 7) is 0.593. The second-order valence-electron chi connectivity index (χ2n) is 5.02. The van der Waals surface area contributed by atoms with E-state index in [1.165, 1.54) is 7.11 Å². The van der Waals surface area contributed by atoms with Gasteiger partial charge in [-0.1, -0.05) is 0 Å². The molecule has 21 heavy (non-hydrogen) atoms. The summed E-state index contributed by atoms with van der Waals surface area (Å²) in [5, 5.41) is 0. The molecule has 2 heterocycles. The Labute approximate surface area is 120 Å². The number of aromatic nitrogens is 1. The molecule has 0 saturated carbocycles. The van der Waals surface area contributed by atoms with Gasteiger partial charge in [0.25, 0.3) is 0 Å². The molecule has 0 spiro atoms. The van der Waals surface area contributed by atoms with Crippen LogP contribution in [0.1, 0.15) is 31.2 Å². The first-order valence-corrected chi connectivity index (χ1v) is 6.78. The highest BCUT2D eigenvalue weighted by molar-refractivity contribution is 5.70. The zero-order valence-electron chi connectivity index (χ0n) is 11.7. The van der Waals surface area contributed by atoms with E-state index in [9.17, 15) is 18.0 Å². The van der Waals surface area contributed by atoms with Crippen LogP contribution >= 0.6 is 0 Å². The fourth-order valence-corrected chi connectivity index (χ4v) is 2.54. The van der Waals surface area contributed by atoms with Gasteiger partial charge in [0.05, 0.1) is 19.1 Å². The van der Waals surface area contributed by atoms with Gasteiger partial charge >= 0.3 is 12.1 Å². The van der Waals surface area contributed by atoms with Crippen LogP contribution in [0.2, 0.25) is 0 Å². The monoisotopic (exact) mass is 302 g/mol. The number of rotatable bonds is 3. The van der Waals surface area contributed by atoms with Gasteiger partial charge in [-0.05, 0) is 31.4 Å². The van der Waals surface area contributed by atoms with Crippen molar-refractivity contribution in [2.75, 3.05) is 18.6 Å². The van der Waals surface area contributed by atoms with Crippen molar-refractivity contribution in [3.05, 3.63) is 23.9 Å². The third kappa shape index (κ3) is 3.86. The Kier molecular flexibility index (Phi) is 4.69. The lowest BCUT2D eigenvalue weighted by molar-refractivity contribution is -0.141. The van der Waals surface area contributed by atoms with E-state index in [4.69, 9.17) is 0 Å². The summed E-state index contributed by atoms with van der Waals surface area (Å²) in [5.74, 6) is -0.0997. The molecule has 116 valence electrons. The van der Waals surface area contributed by atoms with Gasteiger partial charge in [0, 0.05) is 18.8 Å². The molecule has 1 fully saturated rings. The van der Waals surface area contributed by atoms with Gasteiger partial charge in [-0.15, -0.1) is 0 Å². The molecule has 1 aromatic rings. The van der Waals surface area contributed by atoms with E-state index in [1.54, 1.807) is 4.90 Å². The van der Waals surface area contributed by atoms with E-state index in [-0.39, 0.29) is 24.2 Å². The van der Waals surface area contributed by atoms with Crippen LogP contribution in [0.5, 0.6) is 0 Å². The molecule has 0 N–H and O–H groups in total. The first-order chi connectivity index (χ1) is 9.91. The molecule has 0 bridgehead atoms. The Hall–Kier alpha value is -1.79. The lowest BCUT2D eigenvalue weighted by Crippen LogP contribution is -2.41. The first kappa shape index (κ1) is 15.6. The van der Waals surface area contributed by atoms with Gasteiger partial charge in [-0.2, -0.15) is 13.2 Å². The normalized spacial score (nSPS) is 19.4. The minimum Gasteiger partial charge on any atom is -0.469 e. The van der Waals surface area contributed by atoms with Gasteiger partial charge in [0.15, 0.2) is 0 Å². The molecule has 2 rings (SSSR count). The maximum absolute atomic E-state index is 12.8. The zero-order valence-corrected chi connectivity index (χ0v) is 11.7. The number of esters is 1. The number of anilines is 1. The fourth-order valence-electron chi connectivity index (χ4n) is 2.54. The number of piperidine rings is 1. The number of ether oxygens (including phenoxy) is 1. The minimum atomic E-state index is -4.40. The van der Waals surface area contributed by atoms with Crippen molar-refractivity contribution in [2.45, 2.75) is 37.9 Å². The van der Waals surface area contributed by atoms with E-state index in [0.717, 1.165) is 37.6 Å². The lowest BCUT2D eigenvalue weighted by atomic mass is 9.99. The van der Waals surface area contributed by atoms with Crippen LogP contribution in [0, 0.1) is 0 Å². The molecule has 0 aromatic carbocycles. The molecule has 1 aliphatic rings. The largest absolute Gasteiger partial charge is 0.469 e. The van der Waals surface area contributed by atoms with Crippen LogP contribution in [0.25, 0.3) is 0 Å². The molecule has 1 saturated heterocycles. The van der Waals surface area contributed by atoms with Crippen molar-refractivity contribution in [1.29, 1.82) is 0 Å². The molecule has 0 aliphatic carbocycles. The number of halogens is 3. The molecular formula is C14H17F3N2O2. The van der Waals surface area contributed by atoms with Gasteiger partial charge in [0.2, 0.25) is 0 Å². The topological polar surface area (TPSA) is 42.4 Å². The van der Waals surface area contributed by atoms with Crippen molar-refractivity contribution >= 4 is 11.8 Å². The quantitative estimate of drug-likeness (QED) is 0.805. The van der Waals surface area contributed by atoms with Crippen LogP contribution in [-0.4, -0.2) is 30.6 Å².